The molecule has 26 heavy (non-hydrogen) atoms. The Morgan fingerprint density at radius 2 is 1.65 bits per heavy atom. The van der Waals surface area contributed by atoms with E-state index in [1.807, 2.05) is 6.92 Å². The zero-order chi connectivity index (χ0) is 18.7. The van der Waals surface area contributed by atoms with Crippen LogP contribution in [0.4, 0.5) is 13.2 Å². The first-order chi connectivity index (χ1) is 12.5. The fourth-order valence-corrected chi connectivity index (χ4v) is 3.42. The van der Waals surface area contributed by atoms with Crippen molar-refractivity contribution in [3.8, 4) is 11.3 Å². The molecule has 134 valence electrons. The van der Waals surface area contributed by atoms with Crippen molar-refractivity contribution >= 4 is 17.0 Å². The smallest absolute Gasteiger partial charge is 0.206 e. The summed E-state index contributed by atoms with van der Waals surface area (Å²) in [6.07, 6.45) is 0. The lowest BCUT2D eigenvalue weighted by molar-refractivity contribution is 0.578. The number of rotatable bonds is 4. The number of aromatic nitrogens is 1. The molecule has 0 N–H and O–H groups in total. The van der Waals surface area contributed by atoms with Gasteiger partial charge in [-0.3, -0.25) is 4.99 Å². The molecular weight excluding hydrogens is 359 g/mol. The summed E-state index contributed by atoms with van der Waals surface area (Å²) in [6.45, 7) is 3.87. The minimum atomic E-state index is -0.705. The van der Waals surface area contributed by atoms with Gasteiger partial charge in [-0.2, -0.15) is 5.10 Å². The van der Waals surface area contributed by atoms with Crippen LogP contribution in [-0.2, 0) is 0 Å². The lowest BCUT2D eigenvalue weighted by atomic mass is 10.1. The third-order valence-corrected chi connectivity index (χ3v) is 4.56. The maximum atomic E-state index is 14.2. The number of hydrogen-bond donors (Lipinski definition) is 0. The van der Waals surface area contributed by atoms with Gasteiger partial charge in [0.25, 0.3) is 0 Å². The maximum Gasteiger partial charge on any atom is 0.206 e. The van der Waals surface area contributed by atoms with Crippen LogP contribution in [0.25, 0.3) is 11.3 Å². The molecule has 1 heterocycles. The van der Waals surface area contributed by atoms with Gasteiger partial charge < -0.3 is 0 Å². The number of benzene rings is 2. The summed E-state index contributed by atoms with van der Waals surface area (Å²) in [6, 6.07) is 9.91. The first-order valence-electron chi connectivity index (χ1n) is 7.98. The summed E-state index contributed by atoms with van der Waals surface area (Å²) in [5, 5.41) is 6.07. The molecule has 0 saturated carbocycles. The lowest BCUT2D eigenvalue weighted by Gasteiger charge is -2.08. The van der Waals surface area contributed by atoms with Crippen molar-refractivity contribution in [3.63, 3.8) is 0 Å². The third kappa shape index (κ3) is 3.48. The van der Waals surface area contributed by atoms with E-state index in [0.717, 1.165) is 0 Å². The van der Waals surface area contributed by atoms with Crippen LogP contribution in [0.2, 0.25) is 0 Å². The molecule has 0 bridgehead atoms. The SMILES string of the molecule is CCN=c1scc(-c2ccccc2F)n1N=C(C)c1c(F)cccc1F. The number of nitrogens with zero attached hydrogens (tertiary/aromatic N) is 3. The fourth-order valence-electron chi connectivity index (χ4n) is 2.54. The Kier molecular flexibility index (Phi) is 5.37. The van der Waals surface area contributed by atoms with Gasteiger partial charge in [0, 0.05) is 17.5 Å². The molecular formula is C19H16F3N3S. The van der Waals surface area contributed by atoms with Crippen molar-refractivity contribution in [1.82, 2.24) is 4.68 Å². The van der Waals surface area contributed by atoms with Crippen molar-refractivity contribution in [3.05, 3.63) is 75.7 Å². The molecule has 0 amide bonds. The van der Waals surface area contributed by atoms with Gasteiger partial charge in [0.05, 0.1) is 17.0 Å². The second kappa shape index (κ2) is 7.70. The monoisotopic (exact) mass is 375 g/mol. The van der Waals surface area contributed by atoms with E-state index in [1.54, 1.807) is 23.6 Å². The van der Waals surface area contributed by atoms with Crippen molar-refractivity contribution in [2.45, 2.75) is 13.8 Å². The number of hydrogen-bond acceptors (Lipinski definition) is 3. The van der Waals surface area contributed by atoms with Crippen molar-refractivity contribution in [1.29, 1.82) is 0 Å². The molecule has 1 aromatic heterocycles. The second-order valence-corrected chi connectivity index (χ2v) is 6.29. The van der Waals surface area contributed by atoms with E-state index < -0.39 is 17.5 Å². The molecule has 0 atom stereocenters. The van der Waals surface area contributed by atoms with Gasteiger partial charge >= 0.3 is 0 Å². The second-order valence-electron chi connectivity index (χ2n) is 5.45. The number of halogens is 3. The zero-order valence-corrected chi connectivity index (χ0v) is 15.0. The van der Waals surface area contributed by atoms with E-state index in [-0.39, 0.29) is 11.3 Å². The van der Waals surface area contributed by atoms with Gasteiger partial charge in [0.1, 0.15) is 17.5 Å². The van der Waals surface area contributed by atoms with Crippen molar-refractivity contribution in [2.75, 3.05) is 6.54 Å². The molecule has 3 aromatic rings. The maximum absolute atomic E-state index is 14.2. The minimum absolute atomic E-state index is 0.133. The van der Waals surface area contributed by atoms with Crippen LogP contribution in [0, 0.1) is 17.5 Å². The van der Waals surface area contributed by atoms with Crippen LogP contribution in [0.5, 0.6) is 0 Å². The first-order valence-corrected chi connectivity index (χ1v) is 8.86. The van der Waals surface area contributed by atoms with Crippen LogP contribution in [-0.4, -0.2) is 16.9 Å². The van der Waals surface area contributed by atoms with Gasteiger partial charge in [-0.05, 0) is 38.1 Å². The summed E-state index contributed by atoms with van der Waals surface area (Å²) >= 11 is 1.28. The Balaban J connectivity index is 2.23. The molecule has 0 spiro atoms. The molecule has 0 saturated heterocycles. The van der Waals surface area contributed by atoms with E-state index in [2.05, 4.69) is 10.1 Å². The van der Waals surface area contributed by atoms with E-state index in [0.29, 0.717) is 22.6 Å². The Labute approximate surface area is 152 Å². The predicted octanol–water partition coefficient (Wildman–Crippen LogP) is 4.83. The summed E-state index contributed by atoms with van der Waals surface area (Å²) < 4.78 is 43.8. The molecule has 2 aromatic carbocycles. The van der Waals surface area contributed by atoms with Crippen LogP contribution < -0.4 is 4.80 Å². The minimum Gasteiger partial charge on any atom is -0.258 e. The summed E-state index contributed by atoms with van der Waals surface area (Å²) in [7, 11) is 0. The third-order valence-electron chi connectivity index (χ3n) is 3.70. The van der Waals surface area contributed by atoms with E-state index in [9.17, 15) is 13.2 Å². The Morgan fingerprint density at radius 1 is 1.00 bits per heavy atom. The highest BCUT2D eigenvalue weighted by Gasteiger charge is 2.15. The molecule has 0 unspecified atom stereocenters. The fraction of sp³-hybridized carbons (Fsp3) is 0.158. The summed E-state index contributed by atoms with van der Waals surface area (Å²) in [4.78, 5) is 4.85. The average molecular weight is 375 g/mol. The molecule has 0 aliphatic carbocycles. The van der Waals surface area contributed by atoms with Gasteiger partial charge in [0.2, 0.25) is 4.80 Å². The van der Waals surface area contributed by atoms with Crippen LogP contribution in [0.1, 0.15) is 19.4 Å². The van der Waals surface area contributed by atoms with E-state index in [4.69, 9.17) is 0 Å². The van der Waals surface area contributed by atoms with Crippen LogP contribution in [0.3, 0.4) is 0 Å². The largest absolute Gasteiger partial charge is 0.258 e. The molecule has 3 rings (SSSR count). The van der Waals surface area contributed by atoms with Gasteiger partial charge in [-0.15, -0.1) is 11.3 Å². The van der Waals surface area contributed by atoms with Gasteiger partial charge in [-0.1, -0.05) is 18.2 Å². The normalized spacial score (nSPS) is 12.7. The Morgan fingerprint density at radius 3 is 2.31 bits per heavy atom. The topological polar surface area (TPSA) is 29.6 Å². The molecule has 0 aliphatic rings. The van der Waals surface area contributed by atoms with Crippen molar-refractivity contribution < 1.29 is 13.2 Å². The molecule has 0 radical (unpaired) electrons. The van der Waals surface area contributed by atoms with E-state index in [1.165, 1.54) is 47.2 Å². The summed E-state index contributed by atoms with van der Waals surface area (Å²) in [5.41, 5.74) is 0.727. The van der Waals surface area contributed by atoms with Gasteiger partial charge in [-0.25, -0.2) is 17.8 Å². The highest BCUT2D eigenvalue weighted by atomic mass is 32.1. The quantitative estimate of drug-likeness (QED) is 0.585. The average Bonchev–Trinajstić information content (AvgIpc) is 2.98. The summed E-state index contributed by atoms with van der Waals surface area (Å²) in [5.74, 6) is -1.82. The van der Waals surface area contributed by atoms with Gasteiger partial charge in [0.15, 0.2) is 0 Å². The first kappa shape index (κ1) is 18.1. The lowest BCUT2D eigenvalue weighted by Crippen LogP contribution is -2.15. The highest BCUT2D eigenvalue weighted by Crippen LogP contribution is 2.24. The Bertz CT molecular complexity index is 1010. The molecule has 0 aliphatic heterocycles. The molecule has 0 fully saturated rings. The molecule has 7 heteroatoms. The number of thiazole rings is 1. The standard InChI is InChI=1S/C19H16F3N3S/c1-3-23-19-25(17(11-26-19)13-7-4-5-8-14(13)20)24-12(2)18-15(21)9-6-10-16(18)22/h4-11H,3H2,1-2H3. The molecule has 3 nitrogen and oxygen atoms in total. The Hall–Kier alpha value is -2.67. The predicted molar refractivity (Wildman–Crippen MR) is 97.8 cm³/mol. The van der Waals surface area contributed by atoms with E-state index >= 15 is 0 Å². The van der Waals surface area contributed by atoms with Crippen LogP contribution in [0.15, 0.2) is 57.9 Å². The van der Waals surface area contributed by atoms with Crippen LogP contribution >= 0.6 is 11.3 Å². The van der Waals surface area contributed by atoms with Crippen molar-refractivity contribution in [2.24, 2.45) is 10.1 Å². The highest BCUT2D eigenvalue weighted by molar-refractivity contribution is 7.07. The zero-order valence-electron chi connectivity index (χ0n) is 14.2.